The molecule has 28 heavy (non-hydrogen) atoms. The van der Waals surface area contributed by atoms with Gasteiger partial charge in [-0.3, -0.25) is 4.79 Å². The summed E-state index contributed by atoms with van der Waals surface area (Å²) in [5, 5.41) is 10.7. The molecule has 0 amide bonds. The van der Waals surface area contributed by atoms with Crippen LogP contribution in [0.2, 0.25) is 0 Å². The fourth-order valence-electron chi connectivity index (χ4n) is 3.18. The lowest BCUT2D eigenvalue weighted by atomic mass is 9.92. The molecule has 0 saturated carbocycles. The second-order valence-corrected chi connectivity index (χ2v) is 6.01. The Labute approximate surface area is 162 Å². The van der Waals surface area contributed by atoms with Crippen LogP contribution in [0.15, 0.2) is 24.3 Å². The topological polar surface area (TPSA) is 92.7 Å². The number of carbonyl (C=O) groups excluding carboxylic acids is 1. The molecular formula is C20H22O8. The molecule has 2 atom stereocenters. The van der Waals surface area contributed by atoms with Crippen LogP contribution >= 0.6 is 0 Å². The van der Waals surface area contributed by atoms with Crippen molar-refractivity contribution in [2.45, 2.75) is 12.2 Å². The number of hydrogen-bond donors (Lipinski definition) is 1. The lowest BCUT2D eigenvalue weighted by molar-refractivity contribution is 0.0209. The number of aliphatic hydroxyl groups excluding tert-OH is 1. The van der Waals surface area contributed by atoms with Crippen molar-refractivity contribution in [3.63, 3.8) is 0 Å². The second-order valence-electron chi connectivity index (χ2n) is 6.01. The molecule has 0 saturated heterocycles. The Kier molecular flexibility index (Phi) is 5.51. The Bertz CT molecular complexity index is 867. The van der Waals surface area contributed by atoms with Gasteiger partial charge in [0.15, 0.2) is 23.7 Å². The number of carbonyl (C=O) groups is 1. The number of ketones is 1. The number of methoxy groups -OCH3 is 5. The molecule has 1 aliphatic heterocycles. The highest BCUT2D eigenvalue weighted by Gasteiger charge is 2.40. The minimum atomic E-state index is -1.45. The van der Waals surface area contributed by atoms with Crippen LogP contribution in [-0.4, -0.2) is 52.5 Å². The third-order valence-electron chi connectivity index (χ3n) is 4.57. The molecule has 3 rings (SSSR count). The van der Waals surface area contributed by atoms with Crippen LogP contribution in [0.1, 0.15) is 22.0 Å². The lowest BCUT2D eigenvalue weighted by Crippen LogP contribution is -2.36. The molecule has 1 aliphatic rings. The number of ether oxygens (including phenoxy) is 6. The average Bonchev–Trinajstić information content (AvgIpc) is 2.73. The number of benzene rings is 2. The van der Waals surface area contributed by atoms with E-state index in [1.165, 1.54) is 35.5 Å². The quantitative estimate of drug-likeness (QED) is 0.804. The fraction of sp³-hybridized carbons (Fsp3) is 0.350. The van der Waals surface area contributed by atoms with E-state index in [1.807, 2.05) is 0 Å². The maximum absolute atomic E-state index is 12.9. The van der Waals surface area contributed by atoms with Crippen LogP contribution in [-0.2, 0) is 0 Å². The van der Waals surface area contributed by atoms with E-state index in [9.17, 15) is 9.90 Å². The zero-order valence-electron chi connectivity index (χ0n) is 16.3. The van der Waals surface area contributed by atoms with Crippen LogP contribution in [0.3, 0.4) is 0 Å². The molecular weight excluding hydrogens is 368 g/mol. The molecule has 0 bridgehead atoms. The molecule has 0 radical (unpaired) electrons. The van der Waals surface area contributed by atoms with Gasteiger partial charge in [-0.25, -0.2) is 0 Å². The average molecular weight is 390 g/mol. The summed E-state index contributed by atoms with van der Waals surface area (Å²) in [7, 11) is 7.38. The van der Waals surface area contributed by atoms with E-state index in [2.05, 4.69) is 0 Å². The van der Waals surface area contributed by atoms with Crippen molar-refractivity contribution < 1.29 is 38.3 Å². The van der Waals surface area contributed by atoms with Gasteiger partial charge in [0.25, 0.3) is 0 Å². The minimum absolute atomic E-state index is 0.166. The van der Waals surface area contributed by atoms with Gasteiger partial charge in [-0.15, -0.1) is 0 Å². The standard InChI is InChI=1S/C20H22O8/c1-23-11-8-12(24-2)16-13(9-11)28-19(18(22)17(16)21)10-6-14(25-3)20(27-5)15(7-10)26-4/h6-9,18-19,22H,1-5H3/t18-,19+/m0/s1. The first-order valence-corrected chi connectivity index (χ1v) is 8.43. The summed E-state index contributed by atoms with van der Waals surface area (Å²) >= 11 is 0. The Hall–Kier alpha value is -3.13. The van der Waals surface area contributed by atoms with Gasteiger partial charge in [0.2, 0.25) is 11.5 Å². The van der Waals surface area contributed by atoms with Gasteiger partial charge in [0, 0.05) is 17.7 Å². The highest BCUT2D eigenvalue weighted by atomic mass is 16.5. The Morgan fingerprint density at radius 3 is 1.93 bits per heavy atom. The number of hydrogen-bond acceptors (Lipinski definition) is 8. The predicted molar refractivity (Wildman–Crippen MR) is 99.4 cm³/mol. The van der Waals surface area contributed by atoms with E-state index < -0.39 is 18.0 Å². The van der Waals surface area contributed by atoms with Crippen molar-refractivity contribution in [2.75, 3.05) is 35.5 Å². The molecule has 8 nitrogen and oxygen atoms in total. The number of fused-ring (bicyclic) bond motifs is 1. The van der Waals surface area contributed by atoms with Crippen LogP contribution in [0.4, 0.5) is 0 Å². The van der Waals surface area contributed by atoms with E-state index in [-0.39, 0.29) is 17.1 Å². The van der Waals surface area contributed by atoms with E-state index in [4.69, 9.17) is 28.4 Å². The first-order valence-electron chi connectivity index (χ1n) is 8.43. The third kappa shape index (κ3) is 3.16. The van der Waals surface area contributed by atoms with Gasteiger partial charge < -0.3 is 33.5 Å². The maximum atomic E-state index is 12.9. The van der Waals surface area contributed by atoms with Crippen LogP contribution in [0.5, 0.6) is 34.5 Å². The highest BCUT2D eigenvalue weighted by molar-refractivity contribution is 6.05. The summed E-state index contributed by atoms with van der Waals surface area (Å²) in [6.07, 6.45) is -2.43. The van der Waals surface area contributed by atoms with Crippen LogP contribution in [0, 0.1) is 0 Å². The van der Waals surface area contributed by atoms with Gasteiger partial charge in [-0.1, -0.05) is 0 Å². The summed E-state index contributed by atoms with van der Waals surface area (Å²) < 4.78 is 32.5. The minimum Gasteiger partial charge on any atom is -0.496 e. The number of rotatable bonds is 6. The first-order chi connectivity index (χ1) is 13.5. The van der Waals surface area contributed by atoms with Gasteiger partial charge in [-0.05, 0) is 12.1 Å². The van der Waals surface area contributed by atoms with E-state index in [1.54, 1.807) is 24.3 Å². The maximum Gasteiger partial charge on any atom is 0.203 e. The Morgan fingerprint density at radius 1 is 0.821 bits per heavy atom. The largest absolute Gasteiger partial charge is 0.496 e. The van der Waals surface area contributed by atoms with Crippen molar-refractivity contribution in [1.82, 2.24) is 0 Å². The van der Waals surface area contributed by atoms with Crippen molar-refractivity contribution in [3.05, 3.63) is 35.4 Å². The molecule has 2 aromatic carbocycles. The molecule has 0 unspecified atom stereocenters. The summed E-state index contributed by atoms with van der Waals surface area (Å²) in [6, 6.07) is 6.40. The zero-order valence-corrected chi connectivity index (χ0v) is 16.3. The molecule has 150 valence electrons. The van der Waals surface area contributed by atoms with Crippen molar-refractivity contribution in [2.24, 2.45) is 0 Å². The summed E-state index contributed by atoms with van der Waals surface area (Å²) in [6.45, 7) is 0. The molecule has 1 N–H and O–H groups in total. The van der Waals surface area contributed by atoms with Crippen LogP contribution < -0.4 is 28.4 Å². The normalized spacial score (nSPS) is 18.0. The molecule has 0 fully saturated rings. The highest BCUT2D eigenvalue weighted by Crippen LogP contribution is 2.45. The van der Waals surface area contributed by atoms with Crippen molar-refractivity contribution >= 4 is 5.78 Å². The molecule has 0 aliphatic carbocycles. The van der Waals surface area contributed by atoms with Gasteiger partial charge in [0.1, 0.15) is 22.8 Å². The van der Waals surface area contributed by atoms with Crippen LogP contribution in [0.25, 0.3) is 0 Å². The van der Waals surface area contributed by atoms with Gasteiger partial charge in [-0.2, -0.15) is 0 Å². The predicted octanol–water partition coefficient (Wildman–Crippen LogP) is 2.41. The van der Waals surface area contributed by atoms with Crippen molar-refractivity contribution in [3.8, 4) is 34.5 Å². The lowest BCUT2D eigenvalue weighted by Gasteiger charge is -2.31. The molecule has 0 spiro atoms. The second kappa shape index (κ2) is 7.85. The summed E-state index contributed by atoms with van der Waals surface area (Å²) in [5.74, 6) is 1.63. The smallest absolute Gasteiger partial charge is 0.203 e. The Balaban J connectivity index is 2.12. The fourth-order valence-corrected chi connectivity index (χ4v) is 3.18. The van der Waals surface area contributed by atoms with Crippen molar-refractivity contribution in [1.29, 1.82) is 0 Å². The molecule has 2 aromatic rings. The van der Waals surface area contributed by atoms with E-state index >= 15 is 0 Å². The van der Waals surface area contributed by atoms with Gasteiger partial charge in [0.05, 0.1) is 35.5 Å². The Morgan fingerprint density at radius 2 is 1.43 bits per heavy atom. The number of aliphatic hydroxyl groups is 1. The summed E-state index contributed by atoms with van der Waals surface area (Å²) in [5.41, 5.74) is 0.655. The van der Waals surface area contributed by atoms with Gasteiger partial charge >= 0.3 is 0 Å². The first kappa shape index (κ1) is 19.6. The number of Topliss-reactive ketones (excluding diaryl/α,β-unsaturated/α-hetero) is 1. The zero-order chi connectivity index (χ0) is 20.4. The molecule has 8 heteroatoms. The molecule has 1 heterocycles. The monoisotopic (exact) mass is 390 g/mol. The van der Waals surface area contributed by atoms with E-state index in [0.29, 0.717) is 28.6 Å². The third-order valence-corrected chi connectivity index (χ3v) is 4.57. The summed E-state index contributed by atoms with van der Waals surface area (Å²) in [4.78, 5) is 12.9. The SMILES string of the molecule is COc1cc(OC)c2c(c1)O[C@H](c1cc(OC)c(OC)c(OC)c1)[C@@H](O)C2=O. The molecule has 0 aromatic heterocycles. The van der Waals surface area contributed by atoms with E-state index in [0.717, 1.165) is 0 Å².